The van der Waals surface area contributed by atoms with Gasteiger partial charge in [0.1, 0.15) is 0 Å². The topological polar surface area (TPSA) is 88.4 Å². The van der Waals surface area contributed by atoms with Gasteiger partial charge in [-0.2, -0.15) is 0 Å². The number of unbranched alkanes of at least 4 members (excludes halogenated alkanes) is 4. The minimum absolute atomic E-state index is 0.250. The number of aliphatic hydroxyl groups is 3. The van der Waals surface area contributed by atoms with Gasteiger partial charge in [0.15, 0.2) is 0 Å². The molecule has 0 atom stereocenters. The van der Waals surface area contributed by atoms with Gasteiger partial charge < -0.3 is 29.5 Å². The van der Waals surface area contributed by atoms with Crippen molar-refractivity contribution >= 4 is 15.9 Å². The fourth-order valence-electron chi connectivity index (χ4n) is 1.46. The number of hydrogen-bond acceptors (Lipinski definition) is 6. The summed E-state index contributed by atoms with van der Waals surface area (Å²) in [6, 6.07) is 0. The molecule has 0 aliphatic carbocycles. The summed E-state index contributed by atoms with van der Waals surface area (Å²) in [6.07, 6.45) is 5.54. The molecule has 0 amide bonds. The van der Waals surface area contributed by atoms with E-state index in [1.807, 2.05) is 13.8 Å². The molecule has 0 saturated carbocycles. The monoisotopic (exact) mass is 432 g/mol. The van der Waals surface area contributed by atoms with Crippen LogP contribution in [0.2, 0.25) is 0 Å². The van der Waals surface area contributed by atoms with Crippen LogP contribution in [-0.4, -0.2) is 80.1 Å². The molecule has 0 saturated heterocycles. The standard InChI is InChI=1S/C9H20O3.C5H12O2.C4H9BrO/c1-2-11-8-9-12-7-5-3-4-6-10;6-4-2-1-3-5-7;1-2-6-4-3-5/h10H,2-9H2,1H3;6-7H,1-5H2;2-4H2,1H3. The second kappa shape index (κ2) is 35.4. The third kappa shape index (κ3) is 45.5. The van der Waals surface area contributed by atoms with Crippen LogP contribution in [0, 0.1) is 0 Å². The van der Waals surface area contributed by atoms with Crippen LogP contribution < -0.4 is 0 Å². The minimum Gasteiger partial charge on any atom is -0.396 e. The summed E-state index contributed by atoms with van der Waals surface area (Å²) < 4.78 is 15.3. The third-order valence-electron chi connectivity index (χ3n) is 2.76. The van der Waals surface area contributed by atoms with Crippen molar-refractivity contribution in [3.8, 4) is 0 Å². The maximum Gasteiger partial charge on any atom is 0.0700 e. The van der Waals surface area contributed by atoms with Crippen molar-refractivity contribution in [1.29, 1.82) is 0 Å². The zero-order valence-corrected chi connectivity index (χ0v) is 17.8. The SMILES string of the molecule is CCOCCBr.CCOCCOCCCCCO.OCCCCCO. The highest BCUT2D eigenvalue weighted by molar-refractivity contribution is 9.09. The Morgan fingerprint density at radius 2 is 1.00 bits per heavy atom. The zero-order chi connectivity index (χ0) is 19.4. The van der Waals surface area contributed by atoms with Crippen LogP contribution in [0.1, 0.15) is 52.4 Å². The maximum absolute atomic E-state index is 8.48. The van der Waals surface area contributed by atoms with Gasteiger partial charge in [-0.25, -0.2) is 0 Å². The fraction of sp³-hybridized carbons (Fsp3) is 1.00. The van der Waals surface area contributed by atoms with Gasteiger partial charge in [0.05, 0.1) is 19.8 Å². The number of hydrogen-bond donors (Lipinski definition) is 3. The van der Waals surface area contributed by atoms with Gasteiger partial charge in [-0.1, -0.05) is 15.9 Å². The first-order chi connectivity index (χ1) is 12.2. The van der Waals surface area contributed by atoms with E-state index in [9.17, 15) is 0 Å². The molecule has 0 unspecified atom stereocenters. The molecule has 0 aromatic carbocycles. The second-order valence-electron chi connectivity index (χ2n) is 4.99. The predicted octanol–water partition coefficient (Wildman–Crippen LogP) is 2.76. The third-order valence-corrected chi connectivity index (χ3v) is 3.09. The highest BCUT2D eigenvalue weighted by Gasteiger charge is 1.89. The molecule has 0 spiro atoms. The van der Waals surface area contributed by atoms with Crippen LogP contribution in [0.3, 0.4) is 0 Å². The van der Waals surface area contributed by atoms with Gasteiger partial charge in [0.25, 0.3) is 0 Å². The van der Waals surface area contributed by atoms with Gasteiger partial charge in [-0.05, 0) is 52.4 Å². The summed E-state index contributed by atoms with van der Waals surface area (Å²) in [5, 5.41) is 25.8. The van der Waals surface area contributed by atoms with Crippen LogP contribution in [0.15, 0.2) is 0 Å². The quantitative estimate of drug-likeness (QED) is 0.256. The lowest BCUT2D eigenvalue weighted by Crippen LogP contribution is -2.04. The van der Waals surface area contributed by atoms with Crippen molar-refractivity contribution in [1.82, 2.24) is 0 Å². The van der Waals surface area contributed by atoms with Gasteiger partial charge in [-0.3, -0.25) is 0 Å². The van der Waals surface area contributed by atoms with E-state index in [0.717, 1.165) is 70.3 Å². The maximum atomic E-state index is 8.48. The fourth-order valence-corrected chi connectivity index (χ4v) is 1.69. The number of aliphatic hydroxyl groups excluding tert-OH is 3. The van der Waals surface area contributed by atoms with E-state index in [1.165, 1.54) is 0 Å². The Morgan fingerprint density at radius 1 is 0.560 bits per heavy atom. The van der Waals surface area contributed by atoms with Gasteiger partial charge >= 0.3 is 0 Å². The Hall–Kier alpha value is 0.240. The van der Waals surface area contributed by atoms with Crippen molar-refractivity contribution in [2.75, 3.05) is 64.8 Å². The van der Waals surface area contributed by atoms with Gasteiger partial charge in [-0.15, -0.1) is 0 Å². The summed E-state index contributed by atoms with van der Waals surface area (Å²) in [5.41, 5.74) is 0. The number of halogens is 1. The predicted molar refractivity (Wildman–Crippen MR) is 107 cm³/mol. The zero-order valence-electron chi connectivity index (χ0n) is 16.3. The molecule has 0 heterocycles. The van der Waals surface area contributed by atoms with E-state index >= 15 is 0 Å². The first-order valence-corrected chi connectivity index (χ1v) is 10.5. The smallest absolute Gasteiger partial charge is 0.0700 e. The first-order valence-electron chi connectivity index (χ1n) is 9.36. The van der Waals surface area contributed by atoms with Crippen molar-refractivity contribution in [3.05, 3.63) is 0 Å². The van der Waals surface area contributed by atoms with E-state index in [-0.39, 0.29) is 13.2 Å². The summed E-state index contributed by atoms with van der Waals surface area (Å²) in [6.45, 7) is 9.33. The first kappa shape index (κ1) is 30.0. The van der Waals surface area contributed by atoms with Crippen LogP contribution in [0.25, 0.3) is 0 Å². The molecular weight excluding hydrogens is 392 g/mol. The van der Waals surface area contributed by atoms with Crippen LogP contribution in [-0.2, 0) is 14.2 Å². The average Bonchev–Trinajstić information content (AvgIpc) is 2.64. The lowest BCUT2D eigenvalue weighted by molar-refractivity contribution is 0.0509. The highest BCUT2D eigenvalue weighted by atomic mass is 79.9. The molecule has 0 bridgehead atoms. The largest absolute Gasteiger partial charge is 0.396 e. The highest BCUT2D eigenvalue weighted by Crippen LogP contribution is 1.94. The number of alkyl halides is 1. The molecule has 0 aromatic rings. The Kier molecular flexibility index (Phi) is 42.4. The van der Waals surface area contributed by atoms with Crippen molar-refractivity contribution in [2.24, 2.45) is 0 Å². The summed E-state index contributed by atoms with van der Waals surface area (Å²) in [5.74, 6) is 0. The van der Waals surface area contributed by atoms with E-state index in [0.29, 0.717) is 19.8 Å². The number of rotatable bonds is 16. The van der Waals surface area contributed by atoms with E-state index in [2.05, 4.69) is 15.9 Å². The van der Waals surface area contributed by atoms with Crippen LogP contribution >= 0.6 is 15.9 Å². The molecule has 25 heavy (non-hydrogen) atoms. The Labute approximate surface area is 163 Å². The lowest BCUT2D eigenvalue weighted by atomic mass is 10.2. The van der Waals surface area contributed by atoms with Crippen molar-refractivity contribution in [2.45, 2.75) is 52.4 Å². The lowest BCUT2D eigenvalue weighted by Gasteiger charge is -2.03. The van der Waals surface area contributed by atoms with Crippen molar-refractivity contribution < 1.29 is 29.5 Å². The summed E-state index contributed by atoms with van der Waals surface area (Å²) in [4.78, 5) is 0. The Bertz CT molecular complexity index is 169. The molecule has 7 heteroatoms. The number of ether oxygens (including phenoxy) is 3. The van der Waals surface area contributed by atoms with Gasteiger partial charge in [0, 0.05) is 45.0 Å². The second-order valence-corrected chi connectivity index (χ2v) is 5.78. The molecule has 3 N–H and O–H groups in total. The molecule has 0 radical (unpaired) electrons. The van der Waals surface area contributed by atoms with E-state index in [4.69, 9.17) is 29.5 Å². The van der Waals surface area contributed by atoms with Crippen LogP contribution in [0.4, 0.5) is 0 Å². The van der Waals surface area contributed by atoms with Crippen molar-refractivity contribution in [3.63, 3.8) is 0 Å². The molecule has 0 aromatic heterocycles. The normalized spacial score (nSPS) is 9.84. The minimum atomic E-state index is 0.250. The summed E-state index contributed by atoms with van der Waals surface area (Å²) in [7, 11) is 0. The molecule has 0 fully saturated rings. The van der Waals surface area contributed by atoms with Crippen LogP contribution in [0.5, 0.6) is 0 Å². The molecule has 0 aliphatic rings. The summed E-state index contributed by atoms with van der Waals surface area (Å²) >= 11 is 3.23. The van der Waals surface area contributed by atoms with E-state index < -0.39 is 0 Å². The van der Waals surface area contributed by atoms with E-state index in [1.54, 1.807) is 0 Å². The molecule has 0 aliphatic heterocycles. The Morgan fingerprint density at radius 3 is 1.40 bits per heavy atom. The van der Waals surface area contributed by atoms with Gasteiger partial charge in [0.2, 0.25) is 0 Å². The molecular formula is C18H41BrO6. The average molecular weight is 433 g/mol. The molecule has 156 valence electrons. The Balaban J connectivity index is -0.000000317. The molecule has 0 rings (SSSR count). The molecule has 6 nitrogen and oxygen atoms in total.